The number of rotatable bonds is 3. The van der Waals surface area contributed by atoms with Gasteiger partial charge in [0.25, 0.3) is 5.91 Å². The third-order valence-corrected chi connectivity index (χ3v) is 5.23. The molecule has 1 saturated heterocycles. The highest BCUT2D eigenvalue weighted by atomic mass is 35.5. The summed E-state index contributed by atoms with van der Waals surface area (Å²) in [5.41, 5.74) is 4.53. The van der Waals surface area contributed by atoms with Crippen molar-refractivity contribution in [3.05, 3.63) is 63.7 Å². The van der Waals surface area contributed by atoms with Crippen LogP contribution in [0.15, 0.2) is 36.4 Å². The van der Waals surface area contributed by atoms with Gasteiger partial charge in [0, 0.05) is 29.4 Å². The molecule has 27 heavy (non-hydrogen) atoms. The summed E-state index contributed by atoms with van der Waals surface area (Å²) >= 11 is 5.98. The standard InChI is InChI=1S/C22H25ClN2O2/c1-14-9-15(2)11-18(10-14)22(27)25-8-4-5-17(13-25)21(26)24-20-7-6-19(23)12-16(20)3/h6-7,9-12,17H,4-5,8,13H2,1-3H3,(H,24,26)/t17-/m0/s1. The van der Waals surface area contributed by atoms with Gasteiger partial charge in [-0.25, -0.2) is 0 Å². The van der Waals surface area contributed by atoms with Crippen molar-refractivity contribution < 1.29 is 9.59 Å². The van der Waals surface area contributed by atoms with Crippen LogP contribution in [0, 0.1) is 26.7 Å². The summed E-state index contributed by atoms with van der Waals surface area (Å²) in [5, 5.41) is 3.64. The predicted molar refractivity (Wildman–Crippen MR) is 109 cm³/mol. The molecule has 2 amide bonds. The smallest absolute Gasteiger partial charge is 0.253 e. The van der Waals surface area contributed by atoms with Crippen LogP contribution in [0.1, 0.15) is 39.9 Å². The minimum absolute atomic E-state index is 0.00183. The van der Waals surface area contributed by atoms with Crippen molar-refractivity contribution in [2.75, 3.05) is 18.4 Å². The van der Waals surface area contributed by atoms with E-state index in [4.69, 9.17) is 11.6 Å². The Morgan fingerprint density at radius 2 is 1.78 bits per heavy atom. The molecule has 1 atom stereocenters. The van der Waals surface area contributed by atoms with Crippen molar-refractivity contribution in [1.82, 2.24) is 4.90 Å². The Bertz CT molecular complexity index is 858. The maximum absolute atomic E-state index is 12.9. The van der Waals surface area contributed by atoms with Crippen LogP contribution in [0.5, 0.6) is 0 Å². The molecule has 1 heterocycles. The van der Waals surface area contributed by atoms with E-state index in [0.29, 0.717) is 23.7 Å². The third kappa shape index (κ3) is 4.69. The molecule has 1 N–H and O–H groups in total. The normalized spacial score (nSPS) is 16.9. The van der Waals surface area contributed by atoms with Gasteiger partial charge in [0.1, 0.15) is 0 Å². The molecule has 2 aromatic carbocycles. The number of carbonyl (C=O) groups is 2. The molecule has 0 spiro atoms. The van der Waals surface area contributed by atoms with E-state index in [2.05, 4.69) is 11.4 Å². The van der Waals surface area contributed by atoms with E-state index in [1.807, 2.05) is 45.0 Å². The lowest BCUT2D eigenvalue weighted by molar-refractivity contribution is -0.121. The Balaban J connectivity index is 1.69. The van der Waals surface area contributed by atoms with Crippen LogP contribution in [-0.4, -0.2) is 29.8 Å². The zero-order valence-corrected chi connectivity index (χ0v) is 16.8. The highest BCUT2D eigenvalue weighted by molar-refractivity contribution is 6.30. The SMILES string of the molecule is Cc1cc(C)cc(C(=O)N2CCC[C@H](C(=O)Nc3ccc(Cl)cc3C)C2)c1. The first-order chi connectivity index (χ1) is 12.8. The van der Waals surface area contributed by atoms with Crippen LogP contribution in [0.4, 0.5) is 5.69 Å². The number of hydrogen-bond acceptors (Lipinski definition) is 2. The number of likely N-dealkylation sites (tertiary alicyclic amines) is 1. The molecule has 142 valence electrons. The summed E-state index contributed by atoms with van der Waals surface area (Å²) in [4.78, 5) is 27.4. The van der Waals surface area contributed by atoms with Gasteiger partial charge in [-0.05, 0) is 69.5 Å². The maximum Gasteiger partial charge on any atom is 0.253 e. The predicted octanol–water partition coefficient (Wildman–Crippen LogP) is 4.76. The number of nitrogens with one attached hydrogen (secondary N) is 1. The average Bonchev–Trinajstić information content (AvgIpc) is 2.62. The topological polar surface area (TPSA) is 49.4 Å². The fraction of sp³-hybridized carbons (Fsp3) is 0.364. The van der Waals surface area contributed by atoms with E-state index in [0.717, 1.165) is 35.2 Å². The molecule has 0 saturated carbocycles. The Labute approximate surface area is 165 Å². The van der Waals surface area contributed by atoms with Gasteiger partial charge in [0.2, 0.25) is 5.91 Å². The van der Waals surface area contributed by atoms with Gasteiger partial charge in [0.05, 0.1) is 5.92 Å². The minimum atomic E-state index is -0.205. The lowest BCUT2D eigenvalue weighted by Crippen LogP contribution is -2.43. The van der Waals surface area contributed by atoms with E-state index < -0.39 is 0 Å². The molecule has 5 heteroatoms. The second kappa shape index (κ2) is 8.13. The van der Waals surface area contributed by atoms with E-state index in [9.17, 15) is 9.59 Å². The van der Waals surface area contributed by atoms with Gasteiger partial charge in [0.15, 0.2) is 0 Å². The highest BCUT2D eigenvalue weighted by Crippen LogP contribution is 2.24. The zero-order valence-electron chi connectivity index (χ0n) is 16.0. The van der Waals surface area contributed by atoms with Crippen molar-refractivity contribution >= 4 is 29.1 Å². The van der Waals surface area contributed by atoms with Crippen LogP contribution in [-0.2, 0) is 4.79 Å². The number of nitrogens with zero attached hydrogens (tertiary/aromatic N) is 1. The number of amides is 2. The Morgan fingerprint density at radius 3 is 2.44 bits per heavy atom. The Kier molecular flexibility index (Phi) is 5.85. The fourth-order valence-corrected chi connectivity index (χ4v) is 3.89. The van der Waals surface area contributed by atoms with Crippen LogP contribution in [0.2, 0.25) is 5.02 Å². The fourth-order valence-electron chi connectivity index (χ4n) is 3.66. The summed E-state index contributed by atoms with van der Waals surface area (Å²) < 4.78 is 0. The molecule has 0 unspecified atom stereocenters. The second-order valence-corrected chi connectivity index (χ2v) is 7.85. The molecule has 1 aliphatic heterocycles. The molecule has 3 rings (SSSR count). The van der Waals surface area contributed by atoms with Gasteiger partial charge in [-0.1, -0.05) is 28.8 Å². The van der Waals surface area contributed by atoms with Gasteiger partial charge >= 0.3 is 0 Å². The molecular formula is C22H25ClN2O2. The van der Waals surface area contributed by atoms with Gasteiger partial charge in [-0.15, -0.1) is 0 Å². The molecule has 0 bridgehead atoms. The quantitative estimate of drug-likeness (QED) is 0.829. The first-order valence-corrected chi connectivity index (χ1v) is 9.66. The number of anilines is 1. The van der Waals surface area contributed by atoms with E-state index >= 15 is 0 Å². The van der Waals surface area contributed by atoms with Crippen LogP contribution in [0.3, 0.4) is 0 Å². The van der Waals surface area contributed by atoms with Crippen LogP contribution in [0.25, 0.3) is 0 Å². The van der Waals surface area contributed by atoms with E-state index in [-0.39, 0.29) is 17.7 Å². The van der Waals surface area contributed by atoms with Crippen molar-refractivity contribution in [2.24, 2.45) is 5.92 Å². The Morgan fingerprint density at radius 1 is 1.07 bits per heavy atom. The van der Waals surface area contributed by atoms with Gasteiger partial charge in [-0.2, -0.15) is 0 Å². The molecule has 2 aromatic rings. The van der Waals surface area contributed by atoms with Crippen molar-refractivity contribution in [1.29, 1.82) is 0 Å². The monoisotopic (exact) mass is 384 g/mol. The molecular weight excluding hydrogens is 360 g/mol. The van der Waals surface area contributed by atoms with Gasteiger partial charge < -0.3 is 10.2 Å². The molecule has 4 nitrogen and oxygen atoms in total. The highest BCUT2D eigenvalue weighted by Gasteiger charge is 2.29. The van der Waals surface area contributed by atoms with Crippen molar-refractivity contribution in [2.45, 2.75) is 33.6 Å². The average molecular weight is 385 g/mol. The third-order valence-electron chi connectivity index (χ3n) is 4.99. The first-order valence-electron chi connectivity index (χ1n) is 9.28. The van der Waals surface area contributed by atoms with Gasteiger partial charge in [-0.3, -0.25) is 9.59 Å². The number of halogens is 1. The summed E-state index contributed by atoms with van der Waals surface area (Å²) in [5.74, 6) is -0.246. The lowest BCUT2D eigenvalue weighted by Gasteiger charge is -2.32. The molecule has 0 aliphatic carbocycles. The van der Waals surface area contributed by atoms with Crippen LogP contribution >= 0.6 is 11.6 Å². The summed E-state index contributed by atoms with van der Waals surface area (Å²) in [7, 11) is 0. The van der Waals surface area contributed by atoms with Crippen molar-refractivity contribution in [3.8, 4) is 0 Å². The van der Waals surface area contributed by atoms with E-state index in [1.54, 1.807) is 11.0 Å². The molecule has 1 aliphatic rings. The molecule has 1 fully saturated rings. The van der Waals surface area contributed by atoms with Crippen LogP contribution < -0.4 is 5.32 Å². The zero-order chi connectivity index (χ0) is 19.6. The number of benzene rings is 2. The Hall–Kier alpha value is -2.33. The molecule has 0 radical (unpaired) electrons. The lowest BCUT2D eigenvalue weighted by atomic mass is 9.95. The van der Waals surface area contributed by atoms with Crippen molar-refractivity contribution in [3.63, 3.8) is 0 Å². The first kappa shape index (κ1) is 19.4. The summed E-state index contributed by atoms with van der Waals surface area (Å²) in [6.45, 7) is 7.04. The minimum Gasteiger partial charge on any atom is -0.338 e. The largest absolute Gasteiger partial charge is 0.338 e. The number of hydrogen-bond donors (Lipinski definition) is 1. The number of aryl methyl sites for hydroxylation is 3. The number of carbonyl (C=O) groups excluding carboxylic acids is 2. The molecule has 0 aromatic heterocycles. The second-order valence-electron chi connectivity index (χ2n) is 7.42. The van der Waals surface area contributed by atoms with E-state index in [1.165, 1.54) is 0 Å². The summed E-state index contributed by atoms with van der Waals surface area (Å²) in [6.07, 6.45) is 1.61. The number of piperidine rings is 1. The summed E-state index contributed by atoms with van der Waals surface area (Å²) in [6, 6.07) is 11.3. The maximum atomic E-state index is 12.9.